The number of aliphatic carboxylic acids is 1. The lowest BCUT2D eigenvalue weighted by molar-refractivity contribution is -0.139. The minimum Gasteiger partial charge on any atom is -0.481 e. The lowest BCUT2D eigenvalue weighted by atomic mass is 9.83. The van der Waals surface area contributed by atoms with E-state index in [9.17, 15) is 9.18 Å². The molecule has 0 atom stereocenters. The van der Waals surface area contributed by atoms with Gasteiger partial charge in [0.1, 0.15) is 5.82 Å². The average molecular weight is 289 g/mol. The van der Waals surface area contributed by atoms with Crippen LogP contribution in [0.1, 0.15) is 25.8 Å². The van der Waals surface area contributed by atoms with Crippen LogP contribution in [0, 0.1) is 11.2 Å². The Balaban J connectivity index is 2.86. The van der Waals surface area contributed by atoms with Gasteiger partial charge in [0.05, 0.1) is 6.42 Å². The second kappa shape index (κ2) is 4.95. The van der Waals surface area contributed by atoms with Crippen molar-refractivity contribution in [3.8, 4) is 0 Å². The zero-order chi connectivity index (χ0) is 12.3. The van der Waals surface area contributed by atoms with Crippen LogP contribution in [0.4, 0.5) is 4.39 Å². The number of carboxylic acid groups (broad SMARTS) is 1. The molecule has 0 saturated carbocycles. The smallest absolute Gasteiger partial charge is 0.303 e. The van der Waals surface area contributed by atoms with Gasteiger partial charge in [-0.1, -0.05) is 29.8 Å². The van der Waals surface area contributed by atoms with Gasteiger partial charge in [-0.3, -0.25) is 4.79 Å². The number of hydrogen-bond donors (Lipinski definition) is 1. The Kier molecular flexibility index (Phi) is 4.08. The van der Waals surface area contributed by atoms with E-state index in [1.165, 1.54) is 12.1 Å². The van der Waals surface area contributed by atoms with Crippen molar-refractivity contribution in [2.24, 2.45) is 5.41 Å². The molecule has 0 saturated heterocycles. The van der Waals surface area contributed by atoms with Crippen LogP contribution in [0.15, 0.2) is 22.7 Å². The lowest BCUT2D eigenvalue weighted by Gasteiger charge is -2.23. The molecule has 4 heteroatoms. The normalized spacial score (nSPS) is 11.5. The van der Waals surface area contributed by atoms with E-state index in [0.29, 0.717) is 6.42 Å². The topological polar surface area (TPSA) is 37.3 Å². The third-order valence-corrected chi connectivity index (χ3v) is 3.08. The minimum absolute atomic E-state index is 0.0654. The first kappa shape index (κ1) is 13.2. The van der Waals surface area contributed by atoms with Crippen LogP contribution in [0.3, 0.4) is 0 Å². The van der Waals surface area contributed by atoms with Gasteiger partial charge in [0.2, 0.25) is 0 Å². The van der Waals surface area contributed by atoms with Crippen molar-refractivity contribution in [1.82, 2.24) is 0 Å². The molecule has 0 heterocycles. The van der Waals surface area contributed by atoms with Crippen LogP contribution in [-0.2, 0) is 11.2 Å². The first-order valence-electron chi connectivity index (χ1n) is 4.96. The first-order valence-corrected chi connectivity index (χ1v) is 5.75. The Labute approximate surface area is 103 Å². The van der Waals surface area contributed by atoms with E-state index >= 15 is 0 Å². The summed E-state index contributed by atoms with van der Waals surface area (Å²) in [6.45, 7) is 3.72. The van der Waals surface area contributed by atoms with Crippen LogP contribution >= 0.6 is 15.9 Å². The van der Waals surface area contributed by atoms with E-state index < -0.39 is 5.97 Å². The molecule has 0 amide bonds. The van der Waals surface area contributed by atoms with Crippen molar-refractivity contribution in [2.45, 2.75) is 26.7 Å². The Morgan fingerprint density at radius 3 is 2.69 bits per heavy atom. The summed E-state index contributed by atoms with van der Waals surface area (Å²) in [5.74, 6) is -1.14. The van der Waals surface area contributed by atoms with Crippen molar-refractivity contribution < 1.29 is 14.3 Å². The molecule has 0 spiro atoms. The molecule has 1 aromatic rings. The van der Waals surface area contributed by atoms with Crippen molar-refractivity contribution in [3.63, 3.8) is 0 Å². The van der Waals surface area contributed by atoms with Gasteiger partial charge in [0.15, 0.2) is 0 Å². The fraction of sp³-hybridized carbons (Fsp3) is 0.417. The lowest BCUT2D eigenvalue weighted by Crippen LogP contribution is -2.20. The van der Waals surface area contributed by atoms with Crippen molar-refractivity contribution in [3.05, 3.63) is 34.1 Å². The van der Waals surface area contributed by atoms with Crippen LogP contribution in [0.2, 0.25) is 0 Å². The number of halogens is 2. The quantitative estimate of drug-likeness (QED) is 0.919. The summed E-state index contributed by atoms with van der Waals surface area (Å²) in [5.41, 5.74) is 0.411. The molecule has 0 aliphatic heterocycles. The predicted octanol–water partition coefficient (Wildman–Crippen LogP) is 3.63. The molecular weight excluding hydrogens is 275 g/mol. The summed E-state index contributed by atoms with van der Waals surface area (Å²) in [7, 11) is 0. The summed E-state index contributed by atoms with van der Waals surface area (Å²) in [4.78, 5) is 10.7. The molecule has 1 aromatic carbocycles. The third kappa shape index (κ3) is 3.93. The monoisotopic (exact) mass is 288 g/mol. The summed E-state index contributed by atoms with van der Waals surface area (Å²) in [6, 6.07) is 4.45. The molecule has 0 aliphatic carbocycles. The standard InChI is InChI=1S/C12H14BrFO2/c1-12(2,7-11(15)16)6-8-5-9(14)3-4-10(8)13/h3-5H,6-7H2,1-2H3,(H,15,16). The largest absolute Gasteiger partial charge is 0.481 e. The number of carbonyl (C=O) groups is 1. The number of hydrogen-bond acceptors (Lipinski definition) is 1. The molecule has 16 heavy (non-hydrogen) atoms. The van der Waals surface area contributed by atoms with E-state index in [2.05, 4.69) is 15.9 Å². The summed E-state index contributed by atoms with van der Waals surface area (Å²) >= 11 is 3.34. The number of benzene rings is 1. The van der Waals surface area contributed by atoms with Crippen LogP contribution in [0.25, 0.3) is 0 Å². The van der Waals surface area contributed by atoms with E-state index in [1.54, 1.807) is 6.07 Å². The van der Waals surface area contributed by atoms with Crippen molar-refractivity contribution >= 4 is 21.9 Å². The summed E-state index contributed by atoms with van der Waals surface area (Å²) < 4.78 is 13.9. The predicted molar refractivity (Wildman–Crippen MR) is 63.8 cm³/mol. The second-order valence-corrected chi connectivity index (χ2v) is 5.50. The van der Waals surface area contributed by atoms with E-state index in [-0.39, 0.29) is 17.7 Å². The molecular formula is C12H14BrFO2. The minimum atomic E-state index is -0.836. The van der Waals surface area contributed by atoms with Gasteiger partial charge >= 0.3 is 5.97 Å². The number of carboxylic acids is 1. The average Bonchev–Trinajstić information content (AvgIpc) is 2.08. The number of rotatable bonds is 4. The zero-order valence-corrected chi connectivity index (χ0v) is 10.8. The van der Waals surface area contributed by atoms with Gasteiger partial charge < -0.3 is 5.11 Å². The van der Waals surface area contributed by atoms with E-state index in [4.69, 9.17) is 5.11 Å². The second-order valence-electron chi connectivity index (χ2n) is 4.65. The summed E-state index contributed by atoms with van der Waals surface area (Å²) in [6.07, 6.45) is 0.591. The molecule has 0 fully saturated rings. The van der Waals surface area contributed by atoms with Crippen molar-refractivity contribution in [2.75, 3.05) is 0 Å². The van der Waals surface area contributed by atoms with Gasteiger partial charge in [-0.15, -0.1) is 0 Å². The van der Waals surface area contributed by atoms with Gasteiger partial charge in [-0.2, -0.15) is 0 Å². The van der Waals surface area contributed by atoms with Gasteiger partial charge in [-0.05, 0) is 35.6 Å². The van der Waals surface area contributed by atoms with Gasteiger partial charge in [0.25, 0.3) is 0 Å². The molecule has 1 N–H and O–H groups in total. The third-order valence-electron chi connectivity index (χ3n) is 2.31. The van der Waals surface area contributed by atoms with E-state index in [0.717, 1.165) is 10.0 Å². The SMILES string of the molecule is CC(C)(CC(=O)O)Cc1cc(F)ccc1Br. The van der Waals surface area contributed by atoms with Crippen LogP contribution < -0.4 is 0 Å². The Morgan fingerprint density at radius 1 is 1.50 bits per heavy atom. The molecule has 1 rings (SSSR count). The zero-order valence-electron chi connectivity index (χ0n) is 9.26. The molecule has 88 valence electrons. The first-order chi connectivity index (χ1) is 7.30. The molecule has 0 radical (unpaired) electrons. The van der Waals surface area contributed by atoms with Gasteiger partial charge in [0, 0.05) is 4.47 Å². The highest BCUT2D eigenvalue weighted by molar-refractivity contribution is 9.10. The van der Waals surface area contributed by atoms with Crippen LogP contribution in [-0.4, -0.2) is 11.1 Å². The van der Waals surface area contributed by atoms with E-state index in [1.807, 2.05) is 13.8 Å². The fourth-order valence-electron chi connectivity index (χ4n) is 1.67. The van der Waals surface area contributed by atoms with Crippen molar-refractivity contribution in [1.29, 1.82) is 0 Å². The van der Waals surface area contributed by atoms with Crippen LogP contribution in [0.5, 0.6) is 0 Å². The Hall–Kier alpha value is -0.900. The Bertz CT molecular complexity index is 402. The molecule has 0 aromatic heterocycles. The molecule has 0 bridgehead atoms. The highest BCUT2D eigenvalue weighted by Gasteiger charge is 2.23. The maximum atomic E-state index is 13.0. The fourth-order valence-corrected chi connectivity index (χ4v) is 2.05. The van der Waals surface area contributed by atoms with Gasteiger partial charge in [-0.25, -0.2) is 4.39 Å². The Morgan fingerprint density at radius 2 is 2.12 bits per heavy atom. The molecule has 0 aliphatic rings. The molecule has 2 nitrogen and oxygen atoms in total. The maximum absolute atomic E-state index is 13.0. The highest BCUT2D eigenvalue weighted by Crippen LogP contribution is 2.29. The maximum Gasteiger partial charge on any atom is 0.303 e. The molecule has 0 unspecified atom stereocenters. The summed E-state index contributed by atoms with van der Waals surface area (Å²) in [5, 5.41) is 8.77. The highest BCUT2D eigenvalue weighted by atomic mass is 79.9.